The Morgan fingerprint density at radius 3 is 2.70 bits per heavy atom. The number of allylic oxidation sites excluding steroid dienone is 12. The SMILES string of the molecule is C=CC1=C(/C=C\C)C2=C(\C=C3/C=C/C=C\C=c4\cccc(\c4=C/2)N3)C1(C)C. The molecule has 3 aliphatic rings. The van der Waals surface area contributed by atoms with Gasteiger partial charge >= 0.3 is 0 Å². The Hall–Kier alpha value is -3.06. The van der Waals surface area contributed by atoms with Gasteiger partial charge in [-0.2, -0.15) is 0 Å². The number of anilines is 1. The molecule has 0 radical (unpaired) electrons. The highest BCUT2D eigenvalue weighted by Crippen LogP contribution is 2.49. The predicted octanol–water partition coefficient (Wildman–Crippen LogP) is 5.08. The van der Waals surface area contributed by atoms with Gasteiger partial charge in [0.05, 0.1) is 0 Å². The van der Waals surface area contributed by atoms with E-state index in [0.29, 0.717) is 0 Å². The quantitative estimate of drug-likeness (QED) is 0.784. The second-order valence-corrected chi connectivity index (χ2v) is 7.57. The molecule has 1 aliphatic carbocycles. The van der Waals surface area contributed by atoms with Crippen molar-refractivity contribution in [2.45, 2.75) is 20.8 Å². The highest BCUT2D eigenvalue weighted by Gasteiger charge is 2.36. The van der Waals surface area contributed by atoms with Crippen molar-refractivity contribution in [2.24, 2.45) is 5.41 Å². The van der Waals surface area contributed by atoms with Crippen molar-refractivity contribution < 1.29 is 0 Å². The molecule has 0 atom stereocenters. The van der Waals surface area contributed by atoms with E-state index in [1.54, 1.807) is 0 Å². The number of hydrogen-bond donors (Lipinski definition) is 1. The average Bonchev–Trinajstić information content (AvgIpc) is 2.79. The normalized spacial score (nSPS) is 26.6. The minimum absolute atomic E-state index is 0.0979. The van der Waals surface area contributed by atoms with Crippen LogP contribution in [0.2, 0.25) is 0 Å². The first kappa shape index (κ1) is 17.4. The standard InChI is InChI=1S/C26H25N/c1-5-11-20-22-17-21-18-12-8-7-9-14-19(27-25(21)15-10-13-18)16-24(22)26(3,4)23(20)6-2/h5-17,27H,2H2,1,3-4H3/b8-7-,9-7?,11-5-,12-8?,14-9+,18-12-,19-14?,19-16+,21-17-,22-17?,24-16?. The molecule has 0 amide bonds. The molecule has 0 spiro atoms. The predicted molar refractivity (Wildman–Crippen MR) is 117 cm³/mol. The van der Waals surface area contributed by atoms with Gasteiger partial charge in [0.1, 0.15) is 0 Å². The maximum Gasteiger partial charge on any atom is 0.0464 e. The summed E-state index contributed by atoms with van der Waals surface area (Å²) in [7, 11) is 0. The van der Waals surface area contributed by atoms with Crippen molar-refractivity contribution in [1.82, 2.24) is 0 Å². The number of nitrogens with one attached hydrogen (secondary N) is 1. The summed E-state index contributed by atoms with van der Waals surface area (Å²) in [5, 5.41) is 6.07. The lowest BCUT2D eigenvalue weighted by Gasteiger charge is -2.25. The fourth-order valence-electron chi connectivity index (χ4n) is 4.20. The Balaban J connectivity index is 2.18. The summed E-state index contributed by atoms with van der Waals surface area (Å²) >= 11 is 0. The third kappa shape index (κ3) is 2.80. The minimum Gasteiger partial charge on any atom is -0.355 e. The zero-order chi connectivity index (χ0) is 19.0. The van der Waals surface area contributed by atoms with Crippen LogP contribution in [0, 0.1) is 5.41 Å². The third-order valence-electron chi connectivity index (χ3n) is 5.54. The zero-order valence-electron chi connectivity index (χ0n) is 16.2. The first-order valence-corrected chi connectivity index (χ1v) is 9.46. The van der Waals surface area contributed by atoms with Gasteiger partial charge in [-0.05, 0) is 58.7 Å². The molecule has 0 aromatic heterocycles. The highest BCUT2D eigenvalue weighted by atomic mass is 14.9. The van der Waals surface area contributed by atoms with Gasteiger partial charge in [-0.3, -0.25) is 0 Å². The molecule has 0 saturated heterocycles. The topological polar surface area (TPSA) is 12.0 Å². The van der Waals surface area contributed by atoms with E-state index < -0.39 is 0 Å². The second kappa shape index (κ2) is 6.59. The molecule has 2 aliphatic heterocycles. The van der Waals surface area contributed by atoms with Gasteiger partial charge in [-0.25, -0.2) is 0 Å². The van der Waals surface area contributed by atoms with Crippen LogP contribution in [0.3, 0.4) is 0 Å². The minimum atomic E-state index is -0.0979. The number of rotatable bonds is 2. The van der Waals surface area contributed by atoms with Gasteiger partial charge < -0.3 is 5.32 Å². The fraction of sp³-hybridized carbons (Fsp3) is 0.154. The molecule has 4 rings (SSSR count). The fourth-order valence-corrected chi connectivity index (χ4v) is 4.20. The van der Waals surface area contributed by atoms with Crippen LogP contribution in [0.4, 0.5) is 5.69 Å². The molecular formula is C26H25N. The Kier molecular flexibility index (Phi) is 4.24. The molecule has 0 unspecified atom stereocenters. The van der Waals surface area contributed by atoms with Crippen LogP contribution in [-0.2, 0) is 0 Å². The van der Waals surface area contributed by atoms with Crippen LogP contribution in [0.25, 0.3) is 12.2 Å². The molecule has 1 heteroatoms. The summed E-state index contributed by atoms with van der Waals surface area (Å²) in [6.07, 6.45) is 21.5. The van der Waals surface area contributed by atoms with Crippen LogP contribution in [-0.4, -0.2) is 0 Å². The van der Waals surface area contributed by atoms with Crippen molar-refractivity contribution in [3.05, 3.63) is 112 Å². The molecule has 1 aromatic carbocycles. The Morgan fingerprint density at radius 1 is 1.07 bits per heavy atom. The van der Waals surface area contributed by atoms with Crippen LogP contribution in [0.1, 0.15) is 20.8 Å². The monoisotopic (exact) mass is 351 g/mol. The van der Waals surface area contributed by atoms with Gasteiger partial charge in [-0.15, -0.1) is 0 Å². The van der Waals surface area contributed by atoms with Crippen molar-refractivity contribution >= 4 is 17.8 Å². The molecule has 27 heavy (non-hydrogen) atoms. The van der Waals surface area contributed by atoms with Gasteiger partial charge in [-0.1, -0.05) is 75.1 Å². The van der Waals surface area contributed by atoms with E-state index in [2.05, 4.69) is 106 Å². The number of hydrogen-bond acceptors (Lipinski definition) is 1. The Bertz CT molecular complexity index is 1130. The van der Waals surface area contributed by atoms with Gasteiger partial charge in [0.25, 0.3) is 0 Å². The molecule has 134 valence electrons. The third-order valence-corrected chi connectivity index (χ3v) is 5.54. The molecule has 4 bridgehead atoms. The molecule has 0 fully saturated rings. The first-order chi connectivity index (χ1) is 13.1. The van der Waals surface area contributed by atoms with Gasteiger partial charge in [0.15, 0.2) is 0 Å². The largest absolute Gasteiger partial charge is 0.355 e. The van der Waals surface area contributed by atoms with E-state index >= 15 is 0 Å². The van der Waals surface area contributed by atoms with Crippen LogP contribution < -0.4 is 15.8 Å². The molecular weight excluding hydrogens is 326 g/mol. The lowest BCUT2D eigenvalue weighted by atomic mass is 9.79. The van der Waals surface area contributed by atoms with Crippen molar-refractivity contribution in [1.29, 1.82) is 0 Å². The average molecular weight is 351 g/mol. The maximum absolute atomic E-state index is 4.12. The van der Waals surface area contributed by atoms with Crippen molar-refractivity contribution in [2.75, 3.05) is 5.32 Å². The van der Waals surface area contributed by atoms with E-state index in [0.717, 1.165) is 11.4 Å². The second-order valence-electron chi connectivity index (χ2n) is 7.57. The summed E-state index contributed by atoms with van der Waals surface area (Å²) in [5.74, 6) is 0. The van der Waals surface area contributed by atoms with E-state index in [4.69, 9.17) is 0 Å². The van der Waals surface area contributed by atoms with E-state index in [9.17, 15) is 0 Å². The summed E-state index contributed by atoms with van der Waals surface area (Å²) in [6, 6.07) is 6.43. The van der Waals surface area contributed by atoms with Crippen LogP contribution in [0.5, 0.6) is 0 Å². The van der Waals surface area contributed by atoms with Crippen LogP contribution in [0.15, 0.2) is 101 Å². The van der Waals surface area contributed by atoms with E-state index in [1.165, 1.54) is 32.7 Å². The summed E-state index contributed by atoms with van der Waals surface area (Å²) in [6.45, 7) is 10.8. The lowest BCUT2D eigenvalue weighted by molar-refractivity contribution is 0.576. The molecule has 1 aromatic rings. The van der Waals surface area contributed by atoms with Gasteiger partial charge in [0, 0.05) is 22.0 Å². The summed E-state index contributed by atoms with van der Waals surface area (Å²) < 4.78 is 0. The van der Waals surface area contributed by atoms with E-state index in [-0.39, 0.29) is 5.41 Å². The van der Waals surface area contributed by atoms with Crippen molar-refractivity contribution in [3.8, 4) is 0 Å². The van der Waals surface area contributed by atoms with Gasteiger partial charge in [0.2, 0.25) is 0 Å². The summed E-state index contributed by atoms with van der Waals surface area (Å²) in [5.41, 5.74) is 7.28. The summed E-state index contributed by atoms with van der Waals surface area (Å²) in [4.78, 5) is 0. The van der Waals surface area contributed by atoms with E-state index in [1.807, 2.05) is 6.08 Å². The first-order valence-electron chi connectivity index (χ1n) is 9.46. The Morgan fingerprint density at radius 2 is 1.93 bits per heavy atom. The molecule has 1 N–H and O–H groups in total. The zero-order valence-corrected chi connectivity index (χ0v) is 16.2. The molecule has 2 heterocycles. The highest BCUT2D eigenvalue weighted by molar-refractivity contribution is 5.78. The lowest BCUT2D eigenvalue weighted by Crippen LogP contribution is -2.29. The van der Waals surface area contributed by atoms with Crippen LogP contribution >= 0.6 is 0 Å². The smallest absolute Gasteiger partial charge is 0.0464 e. The maximum atomic E-state index is 4.12. The number of benzene rings is 1. The Labute approximate surface area is 161 Å². The van der Waals surface area contributed by atoms with Crippen molar-refractivity contribution in [3.63, 3.8) is 0 Å². The molecule has 1 nitrogen and oxygen atoms in total. The number of fused-ring (bicyclic) bond motifs is 1. The molecule has 0 saturated carbocycles.